The van der Waals surface area contributed by atoms with Crippen molar-refractivity contribution in [2.75, 3.05) is 0 Å². The Bertz CT molecular complexity index is 459. The molecule has 0 spiro atoms. The summed E-state index contributed by atoms with van der Waals surface area (Å²) in [5, 5.41) is 0. The van der Waals surface area contributed by atoms with Crippen LogP contribution in [0.4, 0.5) is 0 Å². The van der Waals surface area contributed by atoms with Crippen LogP contribution in [0.2, 0.25) is 0 Å². The molecule has 172 valence electrons. The Balaban J connectivity index is 3.39. The van der Waals surface area contributed by atoms with E-state index in [1.807, 2.05) is 16.6 Å². The number of esters is 2. The molecule has 6 nitrogen and oxygen atoms in total. The number of carbonyl (C=O) groups is 3. The molecular formula is C23H42AlNO5. The molecule has 0 saturated heterocycles. The largest absolute Gasteiger partial charge is 0.627 e. The zero-order chi connectivity index (χ0) is 22.5. The Kier molecular flexibility index (Phi) is 20.7. The van der Waals surface area contributed by atoms with Gasteiger partial charge in [-0.05, 0) is 12.8 Å². The van der Waals surface area contributed by atoms with E-state index in [1.54, 1.807) is 0 Å². The average Bonchev–Trinajstić information content (AvgIpc) is 2.74. The molecule has 0 rings (SSSR count). The summed E-state index contributed by atoms with van der Waals surface area (Å²) < 4.78 is 9.14. The van der Waals surface area contributed by atoms with E-state index in [0.717, 1.165) is 19.3 Å². The number of nitrogens with two attached hydrogens (primary N) is 1. The average molecular weight is 440 g/mol. The van der Waals surface area contributed by atoms with Gasteiger partial charge in [0.05, 0.1) is 0 Å². The summed E-state index contributed by atoms with van der Waals surface area (Å²) in [6, 6.07) is -0.888. The third kappa shape index (κ3) is 19.1. The SMILES string of the molecule is CCCCCCCCCCCCCCCCCC(=O)OC(=O)CC[C@@H](N)C(=O)[O][Al]. The minimum absolute atomic E-state index is 0.0778. The lowest BCUT2D eigenvalue weighted by Crippen LogP contribution is -2.32. The number of carbonyl (C=O) groups excluding carboxylic acids is 3. The molecule has 0 aromatic carbocycles. The first-order valence-corrected chi connectivity index (χ1v) is 12.4. The first-order valence-electron chi connectivity index (χ1n) is 11.9. The van der Waals surface area contributed by atoms with Gasteiger partial charge < -0.3 is 14.3 Å². The summed E-state index contributed by atoms with van der Waals surface area (Å²) in [4.78, 5) is 34.4. The van der Waals surface area contributed by atoms with Crippen molar-refractivity contribution in [3.63, 3.8) is 0 Å². The van der Waals surface area contributed by atoms with Gasteiger partial charge in [0.1, 0.15) is 6.04 Å². The third-order valence-corrected chi connectivity index (χ3v) is 5.52. The smallest absolute Gasteiger partial charge is 0.484 e. The van der Waals surface area contributed by atoms with Gasteiger partial charge in [-0.2, -0.15) is 0 Å². The molecule has 2 radical (unpaired) electrons. The van der Waals surface area contributed by atoms with Gasteiger partial charge in [0.15, 0.2) is 0 Å². The lowest BCUT2D eigenvalue weighted by Gasteiger charge is -2.09. The summed E-state index contributed by atoms with van der Waals surface area (Å²) in [6.45, 7) is 2.26. The predicted octanol–water partition coefficient (Wildman–Crippen LogP) is 5.05. The Hall–Kier alpha value is -0.898. The van der Waals surface area contributed by atoms with E-state index < -0.39 is 23.9 Å². The maximum atomic E-state index is 11.7. The molecule has 2 N–H and O–H groups in total. The number of ether oxygens (including phenoxy) is 1. The molecule has 1 atom stereocenters. The fraction of sp³-hybridized carbons (Fsp3) is 0.870. The van der Waals surface area contributed by atoms with Crippen LogP contribution in [0.3, 0.4) is 0 Å². The van der Waals surface area contributed by atoms with Crippen molar-refractivity contribution < 1.29 is 22.9 Å². The second-order valence-corrected chi connectivity index (χ2v) is 8.36. The van der Waals surface area contributed by atoms with Crippen LogP contribution >= 0.6 is 0 Å². The molecule has 30 heavy (non-hydrogen) atoms. The quantitative estimate of drug-likeness (QED) is 0.123. The number of unbranched alkanes of at least 4 members (excludes halogenated alkanes) is 14. The summed E-state index contributed by atoms with van der Waals surface area (Å²) >= 11 is 1.82. The second kappa shape index (κ2) is 21.3. The fourth-order valence-corrected chi connectivity index (χ4v) is 3.52. The fourth-order valence-electron chi connectivity index (χ4n) is 3.35. The normalized spacial score (nSPS) is 11.8. The van der Waals surface area contributed by atoms with E-state index in [-0.39, 0.29) is 19.3 Å². The van der Waals surface area contributed by atoms with E-state index in [2.05, 4.69) is 10.7 Å². The summed E-state index contributed by atoms with van der Waals surface area (Å²) in [5.74, 6) is -1.76. The van der Waals surface area contributed by atoms with E-state index in [9.17, 15) is 14.4 Å². The summed E-state index contributed by atoms with van der Waals surface area (Å²) in [5.41, 5.74) is 5.52. The maximum Gasteiger partial charge on any atom is 0.484 e. The summed E-state index contributed by atoms with van der Waals surface area (Å²) in [6.07, 6.45) is 19.2. The van der Waals surface area contributed by atoms with Crippen molar-refractivity contribution in [1.29, 1.82) is 0 Å². The van der Waals surface area contributed by atoms with Crippen LogP contribution in [0.25, 0.3) is 0 Å². The van der Waals surface area contributed by atoms with E-state index in [4.69, 9.17) is 10.5 Å². The Morgan fingerprint density at radius 2 is 1.10 bits per heavy atom. The van der Waals surface area contributed by atoms with E-state index >= 15 is 0 Å². The van der Waals surface area contributed by atoms with Gasteiger partial charge in [-0.1, -0.05) is 96.8 Å². The van der Waals surface area contributed by atoms with Crippen LogP contribution in [0.15, 0.2) is 0 Å². The maximum absolute atomic E-state index is 11.7. The topological polar surface area (TPSA) is 95.7 Å². The first kappa shape index (κ1) is 29.1. The van der Waals surface area contributed by atoms with Crippen LogP contribution in [-0.2, 0) is 22.9 Å². The Morgan fingerprint density at radius 1 is 0.700 bits per heavy atom. The molecule has 0 unspecified atom stereocenters. The van der Waals surface area contributed by atoms with Gasteiger partial charge in [-0.3, -0.25) is 14.4 Å². The molecule has 0 aromatic heterocycles. The number of hydrogen-bond donors (Lipinski definition) is 1. The lowest BCUT2D eigenvalue weighted by molar-refractivity contribution is -0.159. The minimum Gasteiger partial charge on any atom is -0.627 e. The highest BCUT2D eigenvalue weighted by Crippen LogP contribution is 2.14. The standard InChI is InChI=1S/C23H43NO5.Al/c1-2-3-4-5-6-7-8-9-10-11-12-13-14-15-16-17-21(25)29-22(26)19-18-20(24)23(27)28;/h20H,2-19,24H2,1H3,(H,27,28);/q;+1/p-1/t20-;/m1./s1. The molecule has 7 heteroatoms. The molecule has 0 amide bonds. The molecule has 0 bridgehead atoms. The van der Waals surface area contributed by atoms with Crippen LogP contribution in [0, 0.1) is 0 Å². The van der Waals surface area contributed by atoms with Crippen molar-refractivity contribution >= 4 is 34.5 Å². The Labute approximate surface area is 191 Å². The van der Waals surface area contributed by atoms with Crippen LogP contribution in [0.1, 0.15) is 122 Å². The molecule has 0 heterocycles. The Morgan fingerprint density at radius 3 is 1.53 bits per heavy atom. The third-order valence-electron chi connectivity index (χ3n) is 5.29. The minimum atomic E-state index is -0.888. The number of rotatable bonds is 20. The zero-order valence-electron chi connectivity index (χ0n) is 19.0. The lowest BCUT2D eigenvalue weighted by atomic mass is 10.0. The second-order valence-electron chi connectivity index (χ2n) is 8.13. The van der Waals surface area contributed by atoms with Gasteiger partial charge in [-0.15, -0.1) is 0 Å². The van der Waals surface area contributed by atoms with Crippen molar-refractivity contribution in [1.82, 2.24) is 0 Å². The van der Waals surface area contributed by atoms with Crippen molar-refractivity contribution in [3.8, 4) is 0 Å². The molecule has 0 aliphatic carbocycles. The van der Waals surface area contributed by atoms with E-state index in [1.165, 1.54) is 77.0 Å². The van der Waals surface area contributed by atoms with Gasteiger partial charge in [-0.25, -0.2) is 0 Å². The van der Waals surface area contributed by atoms with Crippen LogP contribution in [-0.4, -0.2) is 40.6 Å². The predicted molar refractivity (Wildman–Crippen MR) is 120 cm³/mol. The molecule has 0 aliphatic rings. The number of hydrogen-bond acceptors (Lipinski definition) is 6. The highest BCUT2D eigenvalue weighted by Gasteiger charge is 2.16. The highest BCUT2D eigenvalue weighted by atomic mass is 27.1. The molecule has 0 aliphatic heterocycles. The molecule has 0 aromatic rings. The van der Waals surface area contributed by atoms with Gasteiger partial charge in [0, 0.05) is 12.8 Å². The van der Waals surface area contributed by atoms with Gasteiger partial charge in [0.25, 0.3) is 5.97 Å². The molecule has 0 fully saturated rings. The van der Waals surface area contributed by atoms with Crippen molar-refractivity contribution in [3.05, 3.63) is 0 Å². The zero-order valence-corrected chi connectivity index (χ0v) is 20.2. The van der Waals surface area contributed by atoms with E-state index in [0.29, 0.717) is 0 Å². The van der Waals surface area contributed by atoms with Crippen LogP contribution in [0.5, 0.6) is 0 Å². The first-order chi connectivity index (χ1) is 14.5. The van der Waals surface area contributed by atoms with Gasteiger partial charge in [0.2, 0.25) is 0 Å². The summed E-state index contributed by atoms with van der Waals surface area (Å²) in [7, 11) is 0. The highest BCUT2D eigenvalue weighted by molar-refractivity contribution is 6.06. The van der Waals surface area contributed by atoms with Crippen molar-refractivity contribution in [2.24, 2.45) is 5.73 Å². The molecule has 0 saturated carbocycles. The van der Waals surface area contributed by atoms with Crippen molar-refractivity contribution in [2.45, 2.75) is 129 Å². The monoisotopic (exact) mass is 439 g/mol. The molecular weight excluding hydrogens is 397 g/mol. The van der Waals surface area contributed by atoms with Crippen LogP contribution < -0.4 is 5.73 Å². The van der Waals surface area contributed by atoms with Gasteiger partial charge >= 0.3 is 28.6 Å².